The quantitative estimate of drug-likeness (QED) is 0.495. The third-order valence-corrected chi connectivity index (χ3v) is 4.99. The zero-order valence-corrected chi connectivity index (χ0v) is 17.6. The molecule has 0 radical (unpaired) electrons. The van der Waals surface area contributed by atoms with Crippen molar-refractivity contribution in [1.82, 2.24) is 4.90 Å². The first-order valence-corrected chi connectivity index (χ1v) is 9.69. The molecule has 32 heavy (non-hydrogen) atoms. The minimum Gasteiger partial charge on any atom is -0.497 e. The molecule has 2 aromatic rings. The molecule has 9 nitrogen and oxygen atoms in total. The van der Waals surface area contributed by atoms with Crippen LogP contribution in [0.3, 0.4) is 0 Å². The Bertz CT molecular complexity index is 1050. The number of hydrogen-bond donors (Lipinski definition) is 1. The Balaban J connectivity index is 1.90. The third-order valence-electron chi connectivity index (χ3n) is 4.99. The number of aliphatic carboxylic acids is 1. The molecule has 1 atom stereocenters. The molecule has 9 heteroatoms. The molecule has 1 fully saturated rings. The van der Waals surface area contributed by atoms with E-state index in [1.54, 1.807) is 48.5 Å². The summed E-state index contributed by atoms with van der Waals surface area (Å²) >= 11 is 0. The summed E-state index contributed by atoms with van der Waals surface area (Å²) in [6.07, 6.45) is 1.36. The van der Waals surface area contributed by atoms with Gasteiger partial charge in [-0.05, 0) is 42.0 Å². The first-order chi connectivity index (χ1) is 15.3. The zero-order chi connectivity index (χ0) is 23.3. The first-order valence-electron chi connectivity index (χ1n) is 9.69. The number of hydrogen-bond acceptors (Lipinski definition) is 6. The van der Waals surface area contributed by atoms with Gasteiger partial charge in [-0.25, -0.2) is 9.69 Å². The topological polar surface area (TPSA) is 113 Å². The molecular weight excluding hydrogens is 416 g/mol. The van der Waals surface area contributed by atoms with Gasteiger partial charge >= 0.3 is 5.97 Å². The van der Waals surface area contributed by atoms with Crippen molar-refractivity contribution in [3.63, 3.8) is 0 Å². The summed E-state index contributed by atoms with van der Waals surface area (Å²) in [6, 6.07) is 12.2. The molecule has 0 bridgehead atoms. The molecule has 0 aliphatic carbocycles. The van der Waals surface area contributed by atoms with Gasteiger partial charge < -0.3 is 19.5 Å². The van der Waals surface area contributed by atoms with Crippen molar-refractivity contribution < 1.29 is 33.8 Å². The number of anilines is 1. The monoisotopic (exact) mass is 438 g/mol. The predicted octanol–water partition coefficient (Wildman–Crippen LogP) is 2.01. The number of methoxy groups -OCH3 is 2. The van der Waals surface area contributed by atoms with Crippen molar-refractivity contribution in [2.45, 2.75) is 19.0 Å². The molecule has 0 spiro atoms. The van der Waals surface area contributed by atoms with E-state index in [0.29, 0.717) is 28.8 Å². The van der Waals surface area contributed by atoms with Crippen molar-refractivity contribution in [3.8, 4) is 11.5 Å². The Kier molecular flexibility index (Phi) is 6.89. The first kappa shape index (κ1) is 22.5. The van der Waals surface area contributed by atoms with Crippen LogP contribution in [0.5, 0.6) is 11.5 Å². The van der Waals surface area contributed by atoms with Crippen LogP contribution in [-0.2, 0) is 25.7 Å². The van der Waals surface area contributed by atoms with Gasteiger partial charge in [-0.15, -0.1) is 0 Å². The van der Waals surface area contributed by atoms with Gasteiger partial charge in [-0.1, -0.05) is 12.1 Å². The van der Waals surface area contributed by atoms with E-state index in [-0.39, 0.29) is 13.0 Å². The number of ether oxygens (including phenoxy) is 2. The van der Waals surface area contributed by atoms with Gasteiger partial charge in [0, 0.05) is 18.7 Å². The molecule has 166 valence electrons. The van der Waals surface area contributed by atoms with Crippen LogP contribution in [0.25, 0.3) is 0 Å². The van der Waals surface area contributed by atoms with Crippen LogP contribution in [0, 0.1) is 0 Å². The fraction of sp³-hybridized carbons (Fsp3) is 0.217. The minimum atomic E-state index is -1.29. The van der Waals surface area contributed by atoms with Gasteiger partial charge in [-0.2, -0.15) is 0 Å². The number of amides is 3. The molecule has 1 aliphatic rings. The molecule has 1 aliphatic heterocycles. The van der Waals surface area contributed by atoms with Crippen molar-refractivity contribution >= 4 is 29.4 Å². The number of imide groups is 1. The van der Waals surface area contributed by atoms with Crippen molar-refractivity contribution in [3.05, 3.63) is 66.2 Å². The van der Waals surface area contributed by atoms with Crippen LogP contribution in [0.2, 0.25) is 0 Å². The fourth-order valence-corrected chi connectivity index (χ4v) is 3.37. The lowest BCUT2D eigenvalue weighted by molar-refractivity contribution is -0.135. The van der Waals surface area contributed by atoms with Crippen LogP contribution in [0.1, 0.15) is 12.0 Å². The van der Waals surface area contributed by atoms with E-state index in [9.17, 15) is 19.2 Å². The van der Waals surface area contributed by atoms with E-state index in [1.807, 2.05) is 0 Å². The van der Waals surface area contributed by atoms with Crippen molar-refractivity contribution in [1.29, 1.82) is 0 Å². The summed E-state index contributed by atoms with van der Waals surface area (Å²) < 4.78 is 10.2. The highest BCUT2D eigenvalue weighted by atomic mass is 16.5. The van der Waals surface area contributed by atoms with E-state index in [1.165, 1.54) is 19.1 Å². The molecule has 3 amide bonds. The average molecular weight is 438 g/mol. The molecule has 0 saturated carbocycles. The SMILES string of the molecule is COc1ccc(CN(C(=O)/C=C\C(=O)O)[C@@H]2CC(=O)N(c3ccc(OC)cc3)C2=O)cc1. The Morgan fingerprint density at radius 2 is 1.56 bits per heavy atom. The highest BCUT2D eigenvalue weighted by Gasteiger charge is 2.44. The summed E-state index contributed by atoms with van der Waals surface area (Å²) in [5.41, 5.74) is 1.05. The second kappa shape index (κ2) is 9.78. The van der Waals surface area contributed by atoms with Gasteiger partial charge in [0.25, 0.3) is 5.91 Å². The lowest BCUT2D eigenvalue weighted by Gasteiger charge is -2.26. The Morgan fingerprint density at radius 3 is 2.09 bits per heavy atom. The molecule has 1 heterocycles. The third kappa shape index (κ3) is 4.94. The second-order valence-corrected chi connectivity index (χ2v) is 6.97. The maximum atomic E-state index is 13.2. The average Bonchev–Trinajstić information content (AvgIpc) is 3.09. The van der Waals surface area contributed by atoms with Gasteiger partial charge in [0.15, 0.2) is 0 Å². The molecule has 3 rings (SSSR count). The summed E-state index contributed by atoms with van der Waals surface area (Å²) in [4.78, 5) is 51.7. The molecule has 0 aromatic heterocycles. The second-order valence-electron chi connectivity index (χ2n) is 6.97. The summed E-state index contributed by atoms with van der Waals surface area (Å²) in [7, 11) is 3.03. The Hall–Kier alpha value is -4.14. The molecule has 1 N–H and O–H groups in total. The van der Waals surface area contributed by atoms with Crippen LogP contribution in [0.4, 0.5) is 5.69 Å². The van der Waals surface area contributed by atoms with Crippen molar-refractivity contribution in [2.75, 3.05) is 19.1 Å². The Labute approximate surface area is 184 Å². The summed E-state index contributed by atoms with van der Waals surface area (Å²) in [5, 5.41) is 8.87. The highest BCUT2D eigenvalue weighted by Crippen LogP contribution is 2.28. The predicted molar refractivity (Wildman–Crippen MR) is 114 cm³/mol. The number of carbonyl (C=O) groups is 4. The molecule has 2 aromatic carbocycles. The van der Waals surface area contributed by atoms with Gasteiger partial charge in [-0.3, -0.25) is 14.4 Å². The fourth-order valence-electron chi connectivity index (χ4n) is 3.37. The largest absolute Gasteiger partial charge is 0.497 e. The number of carboxylic acids is 1. The minimum absolute atomic E-state index is 0.00687. The van der Waals surface area contributed by atoms with E-state index in [0.717, 1.165) is 11.0 Å². The molecular formula is C23H22N2O7. The van der Waals surface area contributed by atoms with Crippen LogP contribution < -0.4 is 14.4 Å². The number of benzene rings is 2. The van der Waals surface area contributed by atoms with Crippen LogP contribution in [0.15, 0.2) is 60.7 Å². The zero-order valence-electron chi connectivity index (χ0n) is 17.6. The van der Waals surface area contributed by atoms with E-state index < -0.39 is 29.7 Å². The van der Waals surface area contributed by atoms with Gasteiger partial charge in [0.05, 0.1) is 26.3 Å². The lowest BCUT2D eigenvalue weighted by Crippen LogP contribution is -2.44. The lowest BCUT2D eigenvalue weighted by atomic mass is 10.1. The van der Waals surface area contributed by atoms with Crippen LogP contribution >= 0.6 is 0 Å². The van der Waals surface area contributed by atoms with Gasteiger partial charge in [0.1, 0.15) is 17.5 Å². The van der Waals surface area contributed by atoms with E-state index >= 15 is 0 Å². The standard InChI is InChI=1S/C23H22N2O7/c1-31-17-7-3-15(4-8-17)14-24(20(26)11-12-22(28)29)19-13-21(27)25(23(19)30)16-5-9-18(32-2)10-6-16/h3-12,19H,13-14H2,1-2H3,(H,28,29)/b12-11-/t19-/m1/s1. The molecule has 0 unspecified atom stereocenters. The summed E-state index contributed by atoms with van der Waals surface area (Å²) in [5.74, 6) is -1.82. The normalized spacial score (nSPS) is 15.8. The Morgan fingerprint density at radius 1 is 1.00 bits per heavy atom. The number of nitrogens with zero attached hydrogens (tertiary/aromatic N) is 2. The maximum absolute atomic E-state index is 13.2. The van der Waals surface area contributed by atoms with Crippen molar-refractivity contribution in [2.24, 2.45) is 0 Å². The van der Waals surface area contributed by atoms with Gasteiger partial charge in [0.2, 0.25) is 11.8 Å². The summed E-state index contributed by atoms with van der Waals surface area (Å²) in [6.45, 7) is 0.00687. The van der Waals surface area contributed by atoms with Crippen LogP contribution in [-0.4, -0.2) is 54.0 Å². The van der Waals surface area contributed by atoms with E-state index in [4.69, 9.17) is 14.6 Å². The number of carbonyl (C=O) groups excluding carboxylic acids is 3. The van der Waals surface area contributed by atoms with E-state index in [2.05, 4.69) is 0 Å². The number of rotatable bonds is 8. The number of carboxylic acid groups (broad SMARTS) is 1. The highest BCUT2D eigenvalue weighted by molar-refractivity contribution is 6.23. The smallest absolute Gasteiger partial charge is 0.328 e. The molecule has 1 saturated heterocycles. The maximum Gasteiger partial charge on any atom is 0.328 e.